The molecule has 6 heteroatoms. The molecule has 3 aromatic carbocycles. The second-order valence-electron chi connectivity index (χ2n) is 6.19. The fourth-order valence-corrected chi connectivity index (χ4v) is 4.23. The first-order valence-corrected chi connectivity index (χ1v) is 10.9. The van der Waals surface area contributed by atoms with Crippen molar-refractivity contribution in [2.45, 2.75) is 18.7 Å². The van der Waals surface area contributed by atoms with Crippen LogP contribution in [-0.4, -0.2) is 20.5 Å². The summed E-state index contributed by atoms with van der Waals surface area (Å²) in [6, 6.07) is 23.3. The first kappa shape index (κ1) is 20.2. The van der Waals surface area contributed by atoms with Gasteiger partial charge in [0.15, 0.2) is 0 Å². The zero-order valence-electron chi connectivity index (χ0n) is 15.9. The minimum atomic E-state index is -3.51. The average molecular weight is 412 g/mol. The standard InChI is InChI=1S/C14H11NS.C8H10O3S/c1-10-15-14-12(8-5-9-13(14)16-10)11-6-3-2-4-7-11;1-7-3-5-8(6-4-7)12(9,10)11-2/h2-9H,1H3;3-6H,1-2H3. The van der Waals surface area contributed by atoms with Crippen molar-refractivity contribution in [2.75, 3.05) is 7.11 Å². The molecular formula is C22H21NO3S2. The summed E-state index contributed by atoms with van der Waals surface area (Å²) < 4.78 is 27.8. The lowest BCUT2D eigenvalue weighted by molar-refractivity contribution is 0.398. The van der Waals surface area contributed by atoms with Crippen LogP contribution in [0.4, 0.5) is 0 Å². The smallest absolute Gasteiger partial charge is 0.270 e. The lowest BCUT2D eigenvalue weighted by Crippen LogP contribution is -2.02. The number of nitrogens with zero attached hydrogens (tertiary/aromatic N) is 1. The lowest BCUT2D eigenvalue weighted by atomic mass is 10.1. The number of thiazole rings is 1. The maximum Gasteiger partial charge on any atom is 0.296 e. The van der Waals surface area contributed by atoms with E-state index in [2.05, 4.69) is 58.6 Å². The Balaban J connectivity index is 0.000000169. The zero-order valence-corrected chi connectivity index (χ0v) is 17.5. The van der Waals surface area contributed by atoms with Crippen LogP contribution in [0.5, 0.6) is 0 Å². The molecule has 0 aliphatic carbocycles. The van der Waals surface area contributed by atoms with E-state index in [1.165, 1.54) is 28.0 Å². The molecule has 0 saturated carbocycles. The number of aromatic nitrogens is 1. The molecule has 28 heavy (non-hydrogen) atoms. The number of hydrogen-bond donors (Lipinski definition) is 0. The van der Waals surface area contributed by atoms with Crippen LogP contribution in [0.2, 0.25) is 0 Å². The molecule has 4 aromatic rings. The summed E-state index contributed by atoms with van der Waals surface area (Å²) in [5.74, 6) is 0. The summed E-state index contributed by atoms with van der Waals surface area (Å²) in [5, 5.41) is 1.12. The molecular weight excluding hydrogens is 390 g/mol. The van der Waals surface area contributed by atoms with Crippen molar-refractivity contribution in [3.63, 3.8) is 0 Å². The third-order valence-corrected chi connectivity index (χ3v) is 6.36. The molecule has 0 amide bonds. The monoisotopic (exact) mass is 411 g/mol. The number of benzene rings is 3. The minimum absolute atomic E-state index is 0.190. The Morgan fingerprint density at radius 3 is 2.18 bits per heavy atom. The highest BCUT2D eigenvalue weighted by Crippen LogP contribution is 2.31. The van der Waals surface area contributed by atoms with Crippen LogP contribution < -0.4 is 0 Å². The Kier molecular flexibility index (Phi) is 6.24. The van der Waals surface area contributed by atoms with Gasteiger partial charge in [0, 0.05) is 5.56 Å². The summed E-state index contributed by atoms with van der Waals surface area (Å²) in [7, 11) is -2.37. The Bertz CT molecular complexity index is 1170. The van der Waals surface area contributed by atoms with E-state index in [0.29, 0.717) is 0 Å². The van der Waals surface area contributed by atoms with E-state index in [1.54, 1.807) is 23.5 Å². The van der Waals surface area contributed by atoms with E-state index in [-0.39, 0.29) is 4.90 Å². The van der Waals surface area contributed by atoms with E-state index in [1.807, 2.05) is 13.0 Å². The van der Waals surface area contributed by atoms with Gasteiger partial charge in [0.2, 0.25) is 0 Å². The Morgan fingerprint density at radius 2 is 1.54 bits per heavy atom. The molecule has 0 unspecified atom stereocenters. The zero-order chi connectivity index (χ0) is 20.1. The van der Waals surface area contributed by atoms with Gasteiger partial charge in [-0.3, -0.25) is 4.18 Å². The van der Waals surface area contributed by atoms with Crippen molar-refractivity contribution >= 4 is 31.7 Å². The molecule has 0 fully saturated rings. The fourth-order valence-electron chi connectivity index (χ4n) is 2.71. The van der Waals surface area contributed by atoms with Crippen LogP contribution in [0, 0.1) is 13.8 Å². The summed E-state index contributed by atoms with van der Waals surface area (Å²) in [6.07, 6.45) is 0. The van der Waals surface area contributed by atoms with E-state index >= 15 is 0 Å². The number of aryl methyl sites for hydroxylation is 2. The largest absolute Gasteiger partial charge is 0.296 e. The van der Waals surface area contributed by atoms with Gasteiger partial charge in [-0.05, 0) is 37.6 Å². The van der Waals surface area contributed by atoms with Gasteiger partial charge in [0.05, 0.1) is 27.2 Å². The molecule has 1 aromatic heterocycles. The molecule has 4 rings (SSSR count). The van der Waals surface area contributed by atoms with Crippen molar-refractivity contribution in [3.8, 4) is 11.1 Å². The molecule has 0 bridgehead atoms. The molecule has 0 atom stereocenters. The maximum absolute atomic E-state index is 11.1. The van der Waals surface area contributed by atoms with Crippen LogP contribution >= 0.6 is 11.3 Å². The minimum Gasteiger partial charge on any atom is -0.270 e. The van der Waals surface area contributed by atoms with E-state index < -0.39 is 10.1 Å². The molecule has 0 aliphatic rings. The fraction of sp³-hybridized carbons (Fsp3) is 0.136. The summed E-state index contributed by atoms with van der Waals surface area (Å²) in [5.41, 5.74) is 4.60. The Hall–Kier alpha value is -2.54. The second kappa shape index (κ2) is 8.65. The molecule has 4 nitrogen and oxygen atoms in total. The first-order valence-electron chi connectivity index (χ1n) is 8.69. The van der Waals surface area contributed by atoms with Crippen molar-refractivity contribution in [1.29, 1.82) is 0 Å². The van der Waals surface area contributed by atoms with Gasteiger partial charge in [-0.25, -0.2) is 4.98 Å². The van der Waals surface area contributed by atoms with Crippen molar-refractivity contribution in [1.82, 2.24) is 4.98 Å². The van der Waals surface area contributed by atoms with Gasteiger partial charge in [0.25, 0.3) is 10.1 Å². The molecule has 0 spiro atoms. The van der Waals surface area contributed by atoms with Gasteiger partial charge >= 0.3 is 0 Å². The van der Waals surface area contributed by atoms with Crippen molar-refractivity contribution in [3.05, 3.63) is 83.4 Å². The van der Waals surface area contributed by atoms with Gasteiger partial charge in [-0.2, -0.15) is 8.42 Å². The van der Waals surface area contributed by atoms with Crippen LogP contribution in [0.3, 0.4) is 0 Å². The number of para-hydroxylation sites is 1. The summed E-state index contributed by atoms with van der Waals surface area (Å²) in [6.45, 7) is 3.95. The lowest BCUT2D eigenvalue weighted by Gasteiger charge is -2.01. The van der Waals surface area contributed by atoms with E-state index in [9.17, 15) is 8.42 Å². The number of fused-ring (bicyclic) bond motifs is 1. The quantitative estimate of drug-likeness (QED) is 0.412. The van der Waals surface area contributed by atoms with Crippen LogP contribution in [-0.2, 0) is 14.3 Å². The van der Waals surface area contributed by atoms with Crippen LogP contribution in [0.1, 0.15) is 10.6 Å². The highest BCUT2D eigenvalue weighted by Gasteiger charge is 2.11. The Morgan fingerprint density at radius 1 is 0.857 bits per heavy atom. The van der Waals surface area contributed by atoms with Gasteiger partial charge in [-0.1, -0.05) is 60.2 Å². The molecule has 144 valence electrons. The van der Waals surface area contributed by atoms with Crippen molar-refractivity contribution < 1.29 is 12.6 Å². The first-order chi connectivity index (χ1) is 13.4. The van der Waals surface area contributed by atoms with E-state index in [0.717, 1.165) is 23.2 Å². The average Bonchev–Trinajstić information content (AvgIpc) is 3.09. The summed E-state index contributed by atoms with van der Waals surface area (Å²) in [4.78, 5) is 4.80. The second-order valence-corrected chi connectivity index (χ2v) is 9.13. The third kappa shape index (κ3) is 4.65. The number of rotatable bonds is 3. The Labute approximate surface area is 169 Å². The predicted molar refractivity (Wildman–Crippen MR) is 115 cm³/mol. The van der Waals surface area contributed by atoms with Gasteiger partial charge in [0.1, 0.15) is 0 Å². The topological polar surface area (TPSA) is 56.3 Å². The van der Waals surface area contributed by atoms with Gasteiger partial charge in [-0.15, -0.1) is 11.3 Å². The highest BCUT2D eigenvalue weighted by molar-refractivity contribution is 7.86. The maximum atomic E-state index is 11.1. The van der Waals surface area contributed by atoms with E-state index in [4.69, 9.17) is 0 Å². The SMILES string of the molecule is COS(=O)(=O)c1ccc(C)cc1.Cc1nc2c(-c3ccccc3)cccc2s1. The van der Waals surface area contributed by atoms with Crippen LogP contribution in [0.25, 0.3) is 21.3 Å². The molecule has 0 aliphatic heterocycles. The molecule has 0 radical (unpaired) electrons. The van der Waals surface area contributed by atoms with Crippen molar-refractivity contribution in [2.24, 2.45) is 0 Å². The molecule has 1 heterocycles. The normalized spacial score (nSPS) is 11.1. The predicted octanol–water partition coefficient (Wildman–Crippen LogP) is 5.60. The molecule has 0 N–H and O–H groups in total. The molecule has 0 saturated heterocycles. The highest BCUT2D eigenvalue weighted by atomic mass is 32.2. The van der Waals surface area contributed by atoms with Gasteiger partial charge < -0.3 is 0 Å². The third-order valence-electron chi connectivity index (χ3n) is 4.14. The number of hydrogen-bond acceptors (Lipinski definition) is 5. The summed E-state index contributed by atoms with van der Waals surface area (Å²) >= 11 is 1.75. The van der Waals surface area contributed by atoms with Crippen LogP contribution in [0.15, 0.2) is 77.7 Å².